The van der Waals surface area contributed by atoms with Gasteiger partial charge in [-0.3, -0.25) is 4.90 Å². The van der Waals surface area contributed by atoms with Gasteiger partial charge in [-0.1, -0.05) is 0 Å². The lowest BCUT2D eigenvalue weighted by Gasteiger charge is -2.25. The Labute approximate surface area is 112 Å². The van der Waals surface area contributed by atoms with Crippen molar-refractivity contribution in [3.63, 3.8) is 0 Å². The minimum Gasteiger partial charge on any atom is -0.497 e. The molecule has 1 atom stereocenters. The summed E-state index contributed by atoms with van der Waals surface area (Å²) in [4.78, 5) is 2.02. The molecule has 0 amide bonds. The average molecular weight is 260 g/mol. The number of nitriles is 1. The van der Waals surface area contributed by atoms with Crippen molar-refractivity contribution in [3.8, 4) is 6.07 Å². The summed E-state index contributed by atoms with van der Waals surface area (Å²) in [6.07, 6.45) is 5.92. The second kappa shape index (κ2) is 6.35. The van der Waals surface area contributed by atoms with Crippen LogP contribution in [0.4, 0.5) is 4.39 Å². The van der Waals surface area contributed by atoms with Crippen LogP contribution in [0.25, 0.3) is 0 Å². The van der Waals surface area contributed by atoms with Crippen LogP contribution in [0.15, 0.2) is 30.5 Å². The minimum absolute atomic E-state index is 0.164. The SMILES string of the molecule is CN(Cc1cc(C#N)ccc1F)C[C@H]1CCC=CO1. The predicted octanol–water partition coefficient (Wildman–Crippen LogP) is 2.82. The summed E-state index contributed by atoms with van der Waals surface area (Å²) < 4.78 is 19.2. The van der Waals surface area contributed by atoms with Gasteiger partial charge in [0.1, 0.15) is 11.9 Å². The number of benzene rings is 1. The van der Waals surface area contributed by atoms with Gasteiger partial charge in [-0.05, 0) is 44.2 Å². The zero-order valence-corrected chi connectivity index (χ0v) is 11.0. The third-order valence-corrected chi connectivity index (χ3v) is 3.15. The summed E-state index contributed by atoms with van der Waals surface area (Å²) in [6.45, 7) is 1.23. The fourth-order valence-corrected chi connectivity index (χ4v) is 2.19. The van der Waals surface area contributed by atoms with Gasteiger partial charge in [-0.25, -0.2) is 4.39 Å². The number of hydrogen-bond acceptors (Lipinski definition) is 3. The average Bonchev–Trinajstić information content (AvgIpc) is 2.42. The first-order chi connectivity index (χ1) is 9.19. The number of rotatable bonds is 4. The Morgan fingerprint density at radius 1 is 1.53 bits per heavy atom. The number of allylic oxidation sites excluding steroid dienone is 1. The van der Waals surface area contributed by atoms with Crippen molar-refractivity contribution in [2.75, 3.05) is 13.6 Å². The van der Waals surface area contributed by atoms with Gasteiger partial charge in [0.05, 0.1) is 17.9 Å². The molecule has 1 heterocycles. The highest BCUT2D eigenvalue weighted by molar-refractivity contribution is 5.33. The van der Waals surface area contributed by atoms with E-state index >= 15 is 0 Å². The van der Waals surface area contributed by atoms with Crippen molar-refractivity contribution >= 4 is 0 Å². The van der Waals surface area contributed by atoms with E-state index in [-0.39, 0.29) is 11.9 Å². The molecule has 0 aromatic heterocycles. The molecule has 19 heavy (non-hydrogen) atoms. The van der Waals surface area contributed by atoms with E-state index in [4.69, 9.17) is 10.00 Å². The largest absolute Gasteiger partial charge is 0.497 e. The molecular weight excluding hydrogens is 243 g/mol. The lowest BCUT2D eigenvalue weighted by atomic mass is 10.1. The molecule has 3 nitrogen and oxygen atoms in total. The van der Waals surface area contributed by atoms with Crippen molar-refractivity contribution < 1.29 is 9.13 Å². The van der Waals surface area contributed by atoms with Gasteiger partial charge in [0.25, 0.3) is 0 Å². The summed E-state index contributed by atoms with van der Waals surface area (Å²) in [6, 6.07) is 6.48. The van der Waals surface area contributed by atoms with Crippen molar-refractivity contribution in [3.05, 3.63) is 47.5 Å². The molecule has 1 aromatic carbocycles. The van der Waals surface area contributed by atoms with E-state index in [0.717, 1.165) is 19.4 Å². The molecule has 0 saturated heterocycles. The Kier molecular flexibility index (Phi) is 4.53. The number of halogens is 1. The van der Waals surface area contributed by atoms with E-state index < -0.39 is 0 Å². The van der Waals surface area contributed by atoms with E-state index in [9.17, 15) is 4.39 Å². The van der Waals surface area contributed by atoms with Gasteiger partial charge in [0.15, 0.2) is 0 Å². The second-order valence-electron chi connectivity index (χ2n) is 4.82. The van der Waals surface area contributed by atoms with Gasteiger partial charge >= 0.3 is 0 Å². The highest BCUT2D eigenvalue weighted by Crippen LogP contribution is 2.15. The third-order valence-electron chi connectivity index (χ3n) is 3.15. The number of nitrogens with zero attached hydrogens (tertiary/aromatic N) is 2. The van der Waals surface area contributed by atoms with Gasteiger partial charge in [-0.2, -0.15) is 5.26 Å². The van der Waals surface area contributed by atoms with Crippen molar-refractivity contribution in [1.29, 1.82) is 5.26 Å². The Morgan fingerprint density at radius 2 is 2.37 bits per heavy atom. The predicted molar refractivity (Wildman–Crippen MR) is 70.7 cm³/mol. The van der Waals surface area contributed by atoms with Crippen molar-refractivity contribution in [1.82, 2.24) is 4.90 Å². The minimum atomic E-state index is -0.268. The van der Waals surface area contributed by atoms with E-state index in [1.54, 1.807) is 12.3 Å². The lowest BCUT2D eigenvalue weighted by molar-refractivity contribution is 0.0856. The molecule has 100 valence electrons. The fraction of sp³-hybridized carbons (Fsp3) is 0.400. The molecule has 4 heteroatoms. The van der Waals surface area contributed by atoms with Gasteiger partial charge < -0.3 is 4.74 Å². The molecule has 0 fully saturated rings. The molecule has 1 aliphatic heterocycles. The molecule has 0 N–H and O–H groups in total. The Balaban J connectivity index is 1.96. The Bertz CT molecular complexity index is 507. The fourth-order valence-electron chi connectivity index (χ4n) is 2.19. The molecule has 0 radical (unpaired) electrons. The number of ether oxygens (including phenoxy) is 1. The van der Waals surface area contributed by atoms with Crippen molar-refractivity contribution in [2.24, 2.45) is 0 Å². The van der Waals surface area contributed by atoms with E-state index in [2.05, 4.69) is 0 Å². The summed E-state index contributed by atoms with van der Waals surface area (Å²) in [5.74, 6) is -0.268. The first-order valence-corrected chi connectivity index (χ1v) is 6.36. The van der Waals surface area contributed by atoms with Gasteiger partial charge in [-0.15, -0.1) is 0 Å². The van der Waals surface area contributed by atoms with Crippen LogP contribution in [0.2, 0.25) is 0 Å². The van der Waals surface area contributed by atoms with Crippen LogP contribution in [0, 0.1) is 17.1 Å². The van der Waals surface area contributed by atoms with Crippen LogP contribution < -0.4 is 0 Å². The molecule has 0 bridgehead atoms. The smallest absolute Gasteiger partial charge is 0.127 e. The zero-order valence-electron chi connectivity index (χ0n) is 11.0. The summed E-state index contributed by atoms with van der Waals surface area (Å²) >= 11 is 0. The standard InChI is InChI=1S/C15H17FN2O/c1-18(11-14-4-2-3-7-19-14)10-13-8-12(9-17)5-6-15(13)16/h3,5-8,14H,2,4,10-11H2,1H3/t14-/m1/s1. The van der Waals surface area contributed by atoms with Crippen LogP contribution in [0.1, 0.15) is 24.0 Å². The van der Waals surface area contributed by atoms with E-state index in [0.29, 0.717) is 17.7 Å². The summed E-state index contributed by atoms with van der Waals surface area (Å²) in [7, 11) is 1.93. The molecule has 1 aliphatic rings. The molecule has 0 spiro atoms. The molecule has 1 aromatic rings. The highest BCUT2D eigenvalue weighted by Gasteiger charge is 2.15. The third kappa shape index (κ3) is 3.80. The zero-order chi connectivity index (χ0) is 13.7. The van der Waals surface area contributed by atoms with Crippen molar-refractivity contribution in [2.45, 2.75) is 25.5 Å². The van der Waals surface area contributed by atoms with E-state index in [1.807, 2.05) is 24.1 Å². The Morgan fingerprint density at radius 3 is 3.05 bits per heavy atom. The first-order valence-electron chi connectivity index (χ1n) is 6.36. The Hall–Kier alpha value is -1.86. The maximum atomic E-state index is 13.7. The summed E-state index contributed by atoms with van der Waals surface area (Å²) in [5, 5.41) is 8.83. The quantitative estimate of drug-likeness (QED) is 0.835. The van der Waals surface area contributed by atoms with Crippen LogP contribution in [-0.2, 0) is 11.3 Å². The van der Waals surface area contributed by atoms with E-state index in [1.165, 1.54) is 12.1 Å². The van der Waals surface area contributed by atoms with Crippen LogP contribution in [0.3, 0.4) is 0 Å². The van der Waals surface area contributed by atoms with Crippen LogP contribution >= 0.6 is 0 Å². The maximum Gasteiger partial charge on any atom is 0.127 e. The second-order valence-corrected chi connectivity index (χ2v) is 4.82. The monoisotopic (exact) mass is 260 g/mol. The molecule has 0 aliphatic carbocycles. The molecule has 0 unspecified atom stereocenters. The highest BCUT2D eigenvalue weighted by atomic mass is 19.1. The number of hydrogen-bond donors (Lipinski definition) is 0. The first kappa shape index (κ1) is 13.6. The summed E-state index contributed by atoms with van der Waals surface area (Å²) in [5.41, 5.74) is 1.04. The van der Waals surface area contributed by atoms with Gasteiger partial charge in [0, 0.05) is 18.7 Å². The maximum absolute atomic E-state index is 13.7. The molecule has 0 saturated carbocycles. The normalized spacial score (nSPS) is 18.1. The molecular formula is C15H17FN2O. The van der Waals surface area contributed by atoms with Crippen LogP contribution in [0.5, 0.6) is 0 Å². The van der Waals surface area contributed by atoms with Crippen LogP contribution in [-0.4, -0.2) is 24.6 Å². The topological polar surface area (TPSA) is 36.3 Å². The lowest BCUT2D eigenvalue weighted by Crippen LogP contribution is -2.31. The molecule has 2 rings (SSSR count). The van der Waals surface area contributed by atoms with Gasteiger partial charge in [0.2, 0.25) is 0 Å². The number of likely N-dealkylation sites (N-methyl/N-ethyl adjacent to an activating group) is 1.